The van der Waals surface area contributed by atoms with Gasteiger partial charge in [-0.3, -0.25) is 4.90 Å². The van der Waals surface area contributed by atoms with E-state index < -0.39 is 0 Å². The SMILES string of the molecule is CC(c1ncc(-c2ccc(Br)cc2)[nH]1)N1CCNCC1. The van der Waals surface area contributed by atoms with Crippen molar-refractivity contribution >= 4 is 15.9 Å². The Labute approximate surface area is 127 Å². The lowest BCUT2D eigenvalue weighted by atomic mass is 10.2. The third-order valence-corrected chi connectivity index (χ3v) is 4.37. The number of benzene rings is 1. The van der Waals surface area contributed by atoms with Crippen LogP contribution in [0.1, 0.15) is 18.8 Å². The molecule has 1 saturated heterocycles. The van der Waals surface area contributed by atoms with Crippen LogP contribution in [0.2, 0.25) is 0 Å². The standard InChI is InChI=1S/C15H19BrN4/c1-11(20-8-6-17-7-9-20)15-18-10-14(19-15)12-2-4-13(16)5-3-12/h2-5,10-11,17H,6-9H2,1H3,(H,18,19). The van der Waals surface area contributed by atoms with Gasteiger partial charge in [0.05, 0.1) is 17.9 Å². The fourth-order valence-corrected chi connectivity index (χ4v) is 2.83. The van der Waals surface area contributed by atoms with Crippen molar-refractivity contribution in [3.8, 4) is 11.3 Å². The maximum atomic E-state index is 4.56. The molecule has 0 amide bonds. The Morgan fingerprint density at radius 3 is 2.60 bits per heavy atom. The van der Waals surface area contributed by atoms with Gasteiger partial charge in [0, 0.05) is 30.7 Å². The fourth-order valence-electron chi connectivity index (χ4n) is 2.57. The van der Waals surface area contributed by atoms with E-state index in [2.05, 4.69) is 67.3 Å². The van der Waals surface area contributed by atoms with Gasteiger partial charge in [0.25, 0.3) is 0 Å². The highest BCUT2D eigenvalue weighted by Gasteiger charge is 2.20. The zero-order valence-corrected chi connectivity index (χ0v) is 13.2. The van der Waals surface area contributed by atoms with Gasteiger partial charge in [0.2, 0.25) is 0 Å². The van der Waals surface area contributed by atoms with E-state index >= 15 is 0 Å². The van der Waals surface area contributed by atoms with Crippen molar-refractivity contribution in [1.82, 2.24) is 20.2 Å². The summed E-state index contributed by atoms with van der Waals surface area (Å²) in [5.41, 5.74) is 2.24. The third-order valence-electron chi connectivity index (χ3n) is 3.85. The van der Waals surface area contributed by atoms with E-state index in [1.807, 2.05) is 6.20 Å². The van der Waals surface area contributed by atoms with Gasteiger partial charge < -0.3 is 10.3 Å². The summed E-state index contributed by atoms with van der Waals surface area (Å²) in [6.07, 6.45) is 1.93. The van der Waals surface area contributed by atoms with Crippen molar-refractivity contribution in [3.05, 3.63) is 40.8 Å². The first-order chi connectivity index (χ1) is 9.74. The van der Waals surface area contributed by atoms with Gasteiger partial charge in [0.1, 0.15) is 5.82 Å². The highest BCUT2D eigenvalue weighted by Crippen LogP contribution is 2.23. The van der Waals surface area contributed by atoms with Crippen LogP contribution in [-0.4, -0.2) is 41.0 Å². The Balaban J connectivity index is 1.77. The molecule has 2 aromatic rings. The van der Waals surface area contributed by atoms with Crippen LogP contribution < -0.4 is 5.32 Å². The van der Waals surface area contributed by atoms with Gasteiger partial charge in [-0.1, -0.05) is 28.1 Å². The molecule has 2 heterocycles. The molecule has 20 heavy (non-hydrogen) atoms. The van der Waals surface area contributed by atoms with Crippen LogP contribution in [0.4, 0.5) is 0 Å². The second-order valence-electron chi connectivity index (χ2n) is 5.15. The summed E-state index contributed by atoms with van der Waals surface area (Å²) < 4.78 is 1.09. The maximum absolute atomic E-state index is 4.56. The number of hydrogen-bond acceptors (Lipinski definition) is 3. The molecule has 1 aromatic carbocycles. The quantitative estimate of drug-likeness (QED) is 0.907. The van der Waals surface area contributed by atoms with Crippen LogP contribution in [0, 0.1) is 0 Å². The second-order valence-corrected chi connectivity index (χ2v) is 6.07. The zero-order valence-electron chi connectivity index (χ0n) is 11.6. The minimum Gasteiger partial charge on any atom is -0.341 e. The van der Waals surface area contributed by atoms with Gasteiger partial charge in [-0.05, 0) is 24.6 Å². The lowest BCUT2D eigenvalue weighted by molar-refractivity contribution is 0.180. The highest BCUT2D eigenvalue weighted by atomic mass is 79.9. The van der Waals surface area contributed by atoms with E-state index in [9.17, 15) is 0 Å². The number of aromatic amines is 1. The molecular formula is C15H19BrN4. The Bertz CT molecular complexity index is 558. The molecule has 4 nitrogen and oxygen atoms in total. The molecule has 1 aliphatic rings. The van der Waals surface area contributed by atoms with Crippen molar-refractivity contribution < 1.29 is 0 Å². The molecule has 2 N–H and O–H groups in total. The summed E-state index contributed by atoms with van der Waals surface area (Å²) in [7, 11) is 0. The van der Waals surface area contributed by atoms with Crippen molar-refractivity contribution in [3.63, 3.8) is 0 Å². The van der Waals surface area contributed by atoms with E-state index in [0.29, 0.717) is 6.04 Å². The summed E-state index contributed by atoms with van der Waals surface area (Å²) in [6.45, 7) is 6.50. The minimum atomic E-state index is 0.335. The van der Waals surface area contributed by atoms with E-state index in [4.69, 9.17) is 0 Å². The number of piperazine rings is 1. The molecule has 0 aliphatic carbocycles. The van der Waals surface area contributed by atoms with Gasteiger partial charge in [-0.2, -0.15) is 0 Å². The molecule has 1 fully saturated rings. The Morgan fingerprint density at radius 1 is 1.20 bits per heavy atom. The third kappa shape index (κ3) is 2.95. The number of aromatic nitrogens is 2. The summed E-state index contributed by atoms with van der Waals surface area (Å²) in [4.78, 5) is 10.5. The van der Waals surface area contributed by atoms with Gasteiger partial charge in [-0.15, -0.1) is 0 Å². The number of imidazole rings is 1. The van der Waals surface area contributed by atoms with Crippen LogP contribution >= 0.6 is 15.9 Å². The first-order valence-corrected chi connectivity index (χ1v) is 7.79. The number of rotatable bonds is 3. The number of nitrogens with zero attached hydrogens (tertiary/aromatic N) is 2. The molecule has 1 atom stereocenters. The van der Waals surface area contributed by atoms with Crippen molar-refractivity contribution in [1.29, 1.82) is 0 Å². The average Bonchev–Trinajstić information content (AvgIpc) is 2.98. The minimum absolute atomic E-state index is 0.335. The molecule has 1 unspecified atom stereocenters. The maximum Gasteiger partial charge on any atom is 0.123 e. The largest absolute Gasteiger partial charge is 0.341 e. The molecular weight excluding hydrogens is 316 g/mol. The normalized spacial score (nSPS) is 18.1. The number of halogens is 1. The van der Waals surface area contributed by atoms with Crippen LogP contribution in [-0.2, 0) is 0 Å². The molecule has 106 valence electrons. The van der Waals surface area contributed by atoms with Crippen molar-refractivity contribution in [2.75, 3.05) is 26.2 Å². The highest BCUT2D eigenvalue weighted by molar-refractivity contribution is 9.10. The van der Waals surface area contributed by atoms with Crippen molar-refractivity contribution in [2.24, 2.45) is 0 Å². The van der Waals surface area contributed by atoms with Crippen LogP contribution in [0.3, 0.4) is 0 Å². The molecule has 5 heteroatoms. The predicted octanol–water partition coefficient (Wildman–Crippen LogP) is 2.81. The zero-order chi connectivity index (χ0) is 13.9. The van der Waals surface area contributed by atoms with Gasteiger partial charge >= 0.3 is 0 Å². The van der Waals surface area contributed by atoms with Crippen LogP contribution in [0.25, 0.3) is 11.3 Å². The summed E-state index contributed by atoms with van der Waals surface area (Å²) >= 11 is 3.46. The van der Waals surface area contributed by atoms with Gasteiger partial charge in [-0.25, -0.2) is 4.98 Å². The molecule has 0 bridgehead atoms. The first kappa shape index (κ1) is 13.8. The molecule has 1 aliphatic heterocycles. The molecule has 3 rings (SSSR count). The average molecular weight is 335 g/mol. The monoisotopic (exact) mass is 334 g/mol. The van der Waals surface area contributed by atoms with E-state index in [0.717, 1.165) is 42.2 Å². The number of H-pyrrole nitrogens is 1. The summed E-state index contributed by atoms with van der Waals surface area (Å²) in [5, 5.41) is 3.38. The fraction of sp³-hybridized carbons (Fsp3) is 0.400. The number of hydrogen-bond donors (Lipinski definition) is 2. The lowest BCUT2D eigenvalue weighted by Crippen LogP contribution is -2.44. The Kier molecular flexibility index (Phi) is 4.19. The summed E-state index contributed by atoms with van der Waals surface area (Å²) in [6, 6.07) is 8.63. The topological polar surface area (TPSA) is 44.0 Å². The second kappa shape index (κ2) is 6.08. The molecule has 1 aromatic heterocycles. The number of nitrogens with one attached hydrogen (secondary N) is 2. The van der Waals surface area contributed by atoms with E-state index in [-0.39, 0.29) is 0 Å². The van der Waals surface area contributed by atoms with E-state index in [1.54, 1.807) is 0 Å². The Morgan fingerprint density at radius 2 is 1.90 bits per heavy atom. The summed E-state index contributed by atoms with van der Waals surface area (Å²) in [5.74, 6) is 1.05. The molecule has 0 radical (unpaired) electrons. The van der Waals surface area contributed by atoms with Crippen LogP contribution in [0.5, 0.6) is 0 Å². The van der Waals surface area contributed by atoms with E-state index in [1.165, 1.54) is 5.56 Å². The first-order valence-electron chi connectivity index (χ1n) is 6.99. The van der Waals surface area contributed by atoms with Gasteiger partial charge in [0.15, 0.2) is 0 Å². The molecule has 0 saturated carbocycles. The Hall–Kier alpha value is -1.17. The smallest absolute Gasteiger partial charge is 0.123 e. The molecule has 0 spiro atoms. The predicted molar refractivity (Wildman–Crippen MR) is 84.6 cm³/mol. The van der Waals surface area contributed by atoms with Crippen LogP contribution in [0.15, 0.2) is 34.9 Å². The lowest BCUT2D eigenvalue weighted by Gasteiger charge is -2.31. The van der Waals surface area contributed by atoms with Crippen molar-refractivity contribution in [2.45, 2.75) is 13.0 Å².